The lowest BCUT2D eigenvalue weighted by molar-refractivity contribution is 0.382. The number of aryl methyl sites for hydroxylation is 2. The van der Waals surface area contributed by atoms with Crippen molar-refractivity contribution < 1.29 is 13.2 Å². The van der Waals surface area contributed by atoms with Crippen LogP contribution in [0, 0.1) is 13.8 Å². The number of ether oxygens (including phenoxy) is 1. The van der Waals surface area contributed by atoms with E-state index in [9.17, 15) is 8.42 Å². The Hall–Kier alpha value is -1.89. The van der Waals surface area contributed by atoms with Crippen LogP contribution in [0.15, 0.2) is 47.4 Å². The van der Waals surface area contributed by atoms with Crippen LogP contribution in [0.4, 0.5) is 0 Å². The largest absolute Gasteiger partial charge is 0.495 e. The first kappa shape index (κ1) is 19.4. The van der Waals surface area contributed by atoms with Gasteiger partial charge in [0.15, 0.2) is 0 Å². The summed E-state index contributed by atoms with van der Waals surface area (Å²) in [5, 5.41) is 0. The van der Waals surface area contributed by atoms with Crippen LogP contribution in [0.2, 0.25) is 0 Å². The molecule has 0 fully saturated rings. The number of sulfonamides is 1. The third-order valence-electron chi connectivity index (χ3n) is 4.02. The topological polar surface area (TPSA) is 72.6 Å². The molecule has 0 radical (unpaired) electrons. The van der Waals surface area contributed by atoms with E-state index in [2.05, 4.69) is 0 Å². The van der Waals surface area contributed by atoms with E-state index in [1.165, 1.54) is 11.4 Å². The molecular formula is C19H26N2O3S. The van der Waals surface area contributed by atoms with Crippen LogP contribution in [0.3, 0.4) is 0 Å². The number of methoxy groups -OCH3 is 1. The molecule has 0 aliphatic carbocycles. The smallest absolute Gasteiger partial charge is 0.247 e. The van der Waals surface area contributed by atoms with Gasteiger partial charge in [0.25, 0.3) is 0 Å². The standard InChI is InChI=1S/C19H26N2O3S/c1-15-12-16(2)19(18(13-15)24-3)25(22,23)21(11-7-10-20)14-17-8-5-4-6-9-17/h4-6,8-9,12-13H,7,10-11,14,20H2,1-3H3. The van der Waals surface area contributed by atoms with Gasteiger partial charge < -0.3 is 10.5 Å². The third-order valence-corrected chi connectivity index (χ3v) is 6.05. The Morgan fingerprint density at radius 2 is 1.80 bits per heavy atom. The summed E-state index contributed by atoms with van der Waals surface area (Å²) in [5.41, 5.74) is 8.19. The molecule has 0 amide bonds. The first-order valence-electron chi connectivity index (χ1n) is 8.29. The lowest BCUT2D eigenvalue weighted by atomic mass is 10.1. The quantitative estimate of drug-likeness (QED) is 0.784. The van der Waals surface area contributed by atoms with E-state index in [1.807, 2.05) is 43.3 Å². The van der Waals surface area contributed by atoms with Crippen molar-refractivity contribution in [2.24, 2.45) is 5.73 Å². The Balaban J connectivity index is 2.48. The minimum absolute atomic E-state index is 0.230. The minimum Gasteiger partial charge on any atom is -0.495 e. The molecule has 2 rings (SSSR count). The van der Waals surface area contributed by atoms with Crippen molar-refractivity contribution in [3.05, 3.63) is 59.2 Å². The van der Waals surface area contributed by atoms with Gasteiger partial charge in [-0.25, -0.2) is 8.42 Å². The molecule has 0 saturated carbocycles. The Labute approximate surface area is 150 Å². The van der Waals surface area contributed by atoms with Crippen molar-refractivity contribution in [2.75, 3.05) is 20.2 Å². The zero-order valence-electron chi connectivity index (χ0n) is 15.0. The molecule has 2 N–H and O–H groups in total. The SMILES string of the molecule is COc1cc(C)cc(C)c1S(=O)(=O)N(CCCN)Cc1ccccc1. The normalized spacial score (nSPS) is 11.7. The maximum absolute atomic E-state index is 13.4. The lowest BCUT2D eigenvalue weighted by Crippen LogP contribution is -2.33. The van der Waals surface area contributed by atoms with Gasteiger partial charge in [-0.3, -0.25) is 0 Å². The van der Waals surface area contributed by atoms with Gasteiger partial charge in [-0.1, -0.05) is 36.4 Å². The Morgan fingerprint density at radius 3 is 2.40 bits per heavy atom. The summed E-state index contributed by atoms with van der Waals surface area (Å²) in [6.07, 6.45) is 0.597. The predicted octanol–water partition coefficient (Wildman–Crippen LogP) is 2.85. The fourth-order valence-corrected chi connectivity index (χ4v) is 4.67. The van der Waals surface area contributed by atoms with Gasteiger partial charge in [-0.05, 0) is 49.6 Å². The highest BCUT2D eigenvalue weighted by molar-refractivity contribution is 7.89. The first-order valence-corrected chi connectivity index (χ1v) is 9.73. The van der Waals surface area contributed by atoms with Crippen LogP contribution in [0.5, 0.6) is 5.75 Å². The zero-order chi connectivity index (χ0) is 18.4. The molecule has 5 nitrogen and oxygen atoms in total. The number of hydrogen-bond donors (Lipinski definition) is 1. The van der Waals surface area contributed by atoms with Gasteiger partial charge in [0.05, 0.1) is 7.11 Å². The molecule has 0 spiro atoms. The molecule has 0 heterocycles. The molecule has 0 bridgehead atoms. The first-order chi connectivity index (χ1) is 11.9. The molecule has 0 atom stereocenters. The molecule has 136 valence electrons. The summed E-state index contributed by atoms with van der Waals surface area (Å²) in [7, 11) is -2.21. The third kappa shape index (κ3) is 4.60. The summed E-state index contributed by atoms with van der Waals surface area (Å²) >= 11 is 0. The van der Waals surface area contributed by atoms with E-state index in [4.69, 9.17) is 10.5 Å². The van der Waals surface area contributed by atoms with E-state index >= 15 is 0 Å². The summed E-state index contributed by atoms with van der Waals surface area (Å²) in [4.78, 5) is 0.230. The van der Waals surface area contributed by atoms with Gasteiger partial charge in [-0.15, -0.1) is 0 Å². The predicted molar refractivity (Wildman–Crippen MR) is 100 cm³/mol. The number of hydrogen-bond acceptors (Lipinski definition) is 4. The highest BCUT2D eigenvalue weighted by Crippen LogP contribution is 2.32. The van der Waals surface area contributed by atoms with Crippen molar-refractivity contribution >= 4 is 10.0 Å². The minimum atomic E-state index is -3.71. The van der Waals surface area contributed by atoms with Crippen molar-refractivity contribution in [1.29, 1.82) is 0 Å². The molecular weight excluding hydrogens is 336 g/mol. The van der Waals surface area contributed by atoms with Crippen LogP contribution < -0.4 is 10.5 Å². The van der Waals surface area contributed by atoms with Crippen LogP contribution in [0.1, 0.15) is 23.1 Å². The van der Waals surface area contributed by atoms with E-state index in [1.54, 1.807) is 13.0 Å². The molecule has 2 aromatic carbocycles. The monoisotopic (exact) mass is 362 g/mol. The highest BCUT2D eigenvalue weighted by Gasteiger charge is 2.29. The van der Waals surface area contributed by atoms with Crippen LogP contribution in [0.25, 0.3) is 0 Å². The Bertz CT molecular complexity index is 805. The van der Waals surface area contributed by atoms with E-state index < -0.39 is 10.0 Å². The second kappa shape index (κ2) is 8.47. The van der Waals surface area contributed by atoms with Crippen LogP contribution in [-0.4, -0.2) is 32.9 Å². The fourth-order valence-electron chi connectivity index (χ4n) is 2.87. The molecule has 0 aromatic heterocycles. The molecule has 6 heteroatoms. The second-order valence-corrected chi connectivity index (χ2v) is 7.95. The summed E-state index contributed by atoms with van der Waals surface area (Å²) < 4.78 is 33.6. The number of rotatable bonds is 8. The lowest BCUT2D eigenvalue weighted by Gasteiger charge is -2.24. The van der Waals surface area contributed by atoms with Crippen molar-refractivity contribution in [1.82, 2.24) is 4.31 Å². The van der Waals surface area contributed by atoms with Gasteiger partial charge in [0.2, 0.25) is 10.0 Å². The number of benzene rings is 2. The number of nitrogens with two attached hydrogens (primary N) is 1. The van der Waals surface area contributed by atoms with Gasteiger partial charge in [0.1, 0.15) is 10.6 Å². The Morgan fingerprint density at radius 1 is 1.12 bits per heavy atom. The summed E-state index contributed by atoms with van der Waals surface area (Å²) in [6.45, 7) is 4.82. The second-order valence-electron chi connectivity index (χ2n) is 6.08. The van der Waals surface area contributed by atoms with Gasteiger partial charge in [-0.2, -0.15) is 4.31 Å². The molecule has 2 aromatic rings. The molecule has 0 aliphatic heterocycles. The fraction of sp³-hybridized carbons (Fsp3) is 0.368. The van der Waals surface area contributed by atoms with Crippen molar-refractivity contribution in [2.45, 2.75) is 31.7 Å². The zero-order valence-corrected chi connectivity index (χ0v) is 15.8. The highest BCUT2D eigenvalue weighted by atomic mass is 32.2. The maximum atomic E-state index is 13.4. The molecule has 0 saturated heterocycles. The molecule has 25 heavy (non-hydrogen) atoms. The van der Waals surface area contributed by atoms with Crippen molar-refractivity contribution in [3.8, 4) is 5.75 Å². The Kier molecular flexibility index (Phi) is 6.58. The number of nitrogens with zero attached hydrogens (tertiary/aromatic N) is 1. The van der Waals surface area contributed by atoms with Crippen molar-refractivity contribution in [3.63, 3.8) is 0 Å². The van der Waals surface area contributed by atoms with Crippen LogP contribution >= 0.6 is 0 Å². The average Bonchev–Trinajstić information content (AvgIpc) is 2.58. The molecule has 0 aliphatic rings. The van der Waals surface area contributed by atoms with Crippen LogP contribution in [-0.2, 0) is 16.6 Å². The van der Waals surface area contributed by atoms with E-state index in [-0.39, 0.29) is 4.90 Å². The van der Waals surface area contributed by atoms with E-state index in [0.29, 0.717) is 37.4 Å². The molecule has 0 unspecified atom stereocenters. The van der Waals surface area contributed by atoms with Gasteiger partial charge >= 0.3 is 0 Å². The van der Waals surface area contributed by atoms with E-state index in [0.717, 1.165) is 11.1 Å². The average molecular weight is 362 g/mol. The maximum Gasteiger partial charge on any atom is 0.247 e. The summed E-state index contributed by atoms with van der Waals surface area (Å²) in [6, 6.07) is 13.2. The van der Waals surface area contributed by atoms with Gasteiger partial charge in [0, 0.05) is 13.1 Å². The summed E-state index contributed by atoms with van der Waals surface area (Å²) in [5.74, 6) is 0.378.